The number of nitrogens with zero attached hydrogens (tertiary/aromatic N) is 2. The minimum absolute atomic E-state index is 0.285. The minimum Gasteiger partial charge on any atom is -0.389 e. The lowest BCUT2D eigenvalue weighted by Crippen LogP contribution is -2.52. The maximum absolute atomic E-state index is 12.3. The Balaban J connectivity index is 1.71. The molecular formula is C15H29N3O2. The van der Waals surface area contributed by atoms with Gasteiger partial charge in [0.1, 0.15) is 0 Å². The second-order valence-electron chi connectivity index (χ2n) is 6.82. The van der Waals surface area contributed by atoms with Crippen LogP contribution in [0.15, 0.2) is 0 Å². The molecule has 116 valence electrons. The number of carbonyl (C=O) groups is 1. The van der Waals surface area contributed by atoms with E-state index in [1.54, 1.807) is 0 Å². The molecule has 20 heavy (non-hydrogen) atoms. The van der Waals surface area contributed by atoms with E-state index in [1.807, 2.05) is 18.7 Å². The highest BCUT2D eigenvalue weighted by Crippen LogP contribution is 2.13. The summed E-state index contributed by atoms with van der Waals surface area (Å²) in [6.07, 6.45) is 4.25. The Morgan fingerprint density at radius 2 is 1.95 bits per heavy atom. The molecule has 2 aliphatic heterocycles. The third kappa shape index (κ3) is 5.04. The molecule has 1 atom stereocenters. The lowest BCUT2D eigenvalue weighted by molar-refractivity contribution is -0.133. The number of piperidine rings is 1. The summed E-state index contributed by atoms with van der Waals surface area (Å²) < 4.78 is 0. The monoisotopic (exact) mass is 283 g/mol. The zero-order valence-electron chi connectivity index (χ0n) is 12.9. The third-order valence-electron chi connectivity index (χ3n) is 4.17. The molecule has 2 fully saturated rings. The van der Waals surface area contributed by atoms with Gasteiger partial charge in [0.15, 0.2) is 0 Å². The summed E-state index contributed by atoms with van der Waals surface area (Å²) in [5.74, 6) is 0.285. The molecule has 5 heteroatoms. The van der Waals surface area contributed by atoms with Gasteiger partial charge in [-0.2, -0.15) is 0 Å². The molecule has 1 amide bonds. The summed E-state index contributed by atoms with van der Waals surface area (Å²) in [6, 6.07) is 0.380. The number of β-amino-alcohol motifs (C(OH)–C–C–N with tert-alkyl or cyclic N) is 1. The van der Waals surface area contributed by atoms with Crippen LogP contribution in [0, 0.1) is 0 Å². The van der Waals surface area contributed by atoms with Crippen molar-refractivity contribution in [1.82, 2.24) is 15.1 Å². The highest BCUT2D eigenvalue weighted by molar-refractivity contribution is 5.77. The molecule has 0 spiro atoms. The van der Waals surface area contributed by atoms with Gasteiger partial charge in [0.2, 0.25) is 5.91 Å². The van der Waals surface area contributed by atoms with Crippen molar-refractivity contribution in [3.8, 4) is 0 Å². The molecule has 5 nitrogen and oxygen atoms in total. The fraction of sp³-hybridized carbons (Fsp3) is 0.933. The quantitative estimate of drug-likeness (QED) is 0.786. The van der Waals surface area contributed by atoms with Crippen molar-refractivity contribution in [3.05, 3.63) is 0 Å². The van der Waals surface area contributed by atoms with Crippen LogP contribution < -0.4 is 5.32 Å². The van der Waals surface area contributed by atoms with Gasteiger partial charge in [-0.1, -0.05) is 6.42 Å². The van der Waals surface area contributed by atoms with Crippen LogP contribution in [0.1, 0.15) is 39.5 Å². The first kappa shape index (κ1) is 15.7. The number of aliphatic hydroxyl groups is 1. The first-order valence-electron chi connectivity index (χ1n) is 7.90. The maximum atomic E-state index is 12.3. The molecule has 0 aromatic rings. The lowest BCUT2D eigenvalue weighted by atomic mass is 10.0. The molecule has 0 aromatic carbocycles. The second kappa shape index (κ2) is 6.87. The van der Waals surface area contributed by atoms with E-state index >= 15 is 0 Å². The number of hydrogen-bond donors (Lipinski definition) is 2. The van der Waals surface area contributed by atoms with E-state index in [9.17, 15) is 9.90 Å². The lowest BCUT2D eigenvalue weighted by Gasteiger charge is -2.38. The van der Waals surface area contributed by atoms with Gasteiger partial charge in [-0.25, -0.2) is 0 Å². The molecule has 2 saturated heterocycles. The fourth-order valence-electron chi connectivity index (χ4n) is 3.14. The highest BCUT2D eigenvalue weighted by Gasteiger charge is 2.26. The molecule has 2 rings (SSSR count). The number of amides is 1. The Hall–Kier alpha value is -0.650. The van der Waals surface area contributed by atoms with Crippen LogP contribution in [0.3, 0.4) is 0 Å². The van der Waals surface area contributed by atoms with Gasteiger partial charge in [0, 0.05) is 45.2 Å². The molecular weight excluding hydrogens is 254 g/mol. The smallest absolute Gasteiger partial charge is 0.224 e. The Morgan fingerprint density at radius 1 is 1.25 bits per heavy atom. The summed E-state index contributed by atoms with van der Waals surface area (Å²) in [5.41, 5.74) is -0.655. The third-order valence-corrected chi connectivity index (χ3v) is 4.17. The average Bonchev–Trinajstić information content (AvgIpc) is 2.39. The number of hydrogen-bond acceptors (Lipinski definition) is 4. The molecule has 0 saturated carbocycles. The van der Waals surface area contributed by atoms with E-state index in [2.05, 4.69) is 10.2 Å². The summed E-state index contributed by atoms with van der Waals surface area (Å²) in [7, 11) is 0. The van der Waals surface area contributed by atoms with Crippen molar-refractivity contribution in [1.29, 1.82) is 0 Å². The standard InChI is InChI=1S/C15H29N3O2/c1-15(2,20)12-17-7-9-18(10-8-17)14(19)11-13-5-3-4-6-16-13/h13,16,20H,3-12H2,1-2H3. The van der Waals surface area contributed by atoms with Gasteiger partial charge in [-0.05, 0) is 33.2 Å². The van der Waals surface area contributed by atoms with Crippen LogP contribution >= 0.6 is 0 Å². The van der Waals surface area contributed by atoms with Gasteiger partial charge < -0.3 is 15.3 Å². The molecule has 1 unspecified atom stereocenters. The van der Waals surface area contributed by atoms with E-state index in [1.165, 1.54) is 12.8 Å². The Morgan fingerprint density at radius 3 is 2.50 bits per heavy atom. The van der Waals surface area contributed by atoms with Gasteiger partial charge >= 0.3 is 0 Å². The van der Waals surface area contributed by atoms with Gasteiger partial charge in [0.25, 0.3) is 0 Å². The van der Waals surface area contributed by atoms with Gasteiger partial charge in [-0.15, -0.1) is 0 Å². The molecule has 0 aliphatic carbocycles. The predicted octanol–water partition coefficient (Wildman–Crippen LogP) is 0.434. The maximum Gasteiger partial charge on any atom is 0.224 e. The Labute approximate surface area is 122 Å². The topological polar surface area (TPSA) is 55.8 Å². The van der Waals surface area contributed by atoms with E-state index in [4.69, 9.17) is 0 Å². The second-order valence-corrected chi connectivity index (χ2v) is 6.82. The zero-order chi connectivity index (χ0) is 14.6. The highest BCUT2D eigenvalue weighted by atomic mass is 16.3. The van der Waals surface area contributed by atoms with E-state index in [0.29, 0.717) is 19.0 Å². The first-order chi connectivity index (χ1) is 9.44. The van der Waals surface area contributed by atoms with Crippen molar-refractivity contribution in [2.45, 2.75) is 51.2 Å². The summed E-state index contributed by atoms with van der Waals surface area (Å²) in [4.78, 5) is 16.5. The molecule has 2 aliphatic rings. The van der Waals surface area contributed by atoms with Crippen molar-refractivity contribution < 1.29 is 9.90 Å². The van der Waals surface area contributed by atoms with E-state index in [0.717, 1.165) is 39.1 Å². The van der Waals surface area contributed by atoms with Gasteiger partial charge in [-0.3, -0.25) is 9.69 Å². The number of rotatable bonds is 4. The summed E-state index contributed by atoms with van der Waals surface area (Å²) in [5, 5.41) is 13.3. The van der Waals surface area contributed by atoms with Crippen LogP contribution in [-0.2, 0) is 4.79 Å². The first-order valence-corrected chi connectivity index (χ1v) is 7.90. The van der Waals surface area contributed by atoms with Crippen molar-refractivity contribution in [3.63, 3.8) is 0 Å². The average molecular weight is 283 g/mol. The van der Waals surface area contributed by atoms with Crippen molar-refractivity contribution in [2.24, 2.45) is 0 Å². The zero-order valence-corrected chi connectivity index (χ0v) is 12.9. The summed E-state index contributed by atoms with van der Waals surface area (Å²) in [6.45, 7) is 8.72. The number of piperazine rings is 1. The van der Waals surface area contributed by atoms with Crippen LogP contribution in [0.25, 0.3) is 0 Å². The molecule has 2 heterocycles. The normalized spacial score (nSPS) is 25.8. The van der Waals surface area contributed by atoms with Crippen LogP contribution in [-0.4, -0.2) is 71.7 Å². The SMILES string of the molecule is CC(C)(O)CN1CCN(C(=O)CC2CCCCN2)CC1. The van der Waals surface area contributed by atoms with Crippen molar-refractivity contribution >= 4 is 5.91 Å². The van der Waals surface area contributed by atoms with Crippen molar-refractivity contribution in [2.75, 3.05) is 39.3 Å². The number of carbonyl (C=O) groups excluding carboxylic acids is 1. The van der Waals surface area contributed by atoms with Crippen LogP contribution in [0.4, 0.5) is 0 Å². The largest absolute Gasteiger partial charge is 0.389 e. The Kier molecular flexibility index (Phi) is 5.41. The number of nitrogens with one attached hydrogen (secondary N) is 1. The molecule has 0 radical (unpaired) electrons. The Bertz CT molecular complexity index is 314. The summed E-state index contributed by atoms with van der Waals surface area (Å²) >= 11 is 0. The van der Waals surface area contributed by atoms with Gasteiger partial charge in [0.05, 0.1) is 5.60 Å². The van der Waals surface area contributed by atoms with E-state index < -0.39 is 5.60 Å². The fourth-order valence-corrected chi connectivity index (χ4v) is 3.14. The molecule has 2 N–H and O–H groups in total. The van der Waals surface area contributed by atoms with E-state index in [-0.39, 0.29) is 5.91 Å². The molecule has 0 bridgehead atoms. The van der Waals surface area contributed by atoms with Crippen LogP contribution in [0.2, 0.25) is 0 Å². The minimum atomic E-state index is -0.655. The predicted molar refractivity (Wildman–Crippen MR) is 79.6 cm³/mol. The van der Waals surface area contributed by atoms with Crippen LogP contribution in [0.5, 0.6) is 0 Å². The molecule has 0 aromatic heterocycles.